The third kappa shape index (κ3) is 5.76. The first-order chi connectivity index (χ1) is 42.6. The second-order valence-corrected chi connectivity index (χ2v) is 22.6. The first kappa shape index (κ1) is 44.8. The molecule has 17 aromatic rings. The average molecular weight is 1100 g/mol. The predicted octanol–water partition coefficient (Wildman–Crippen LogP) is 14.6. The molecule has 0 bridgehead atoms. The number of ether oxygens (including phenoxy) is 4. The van der Waals surface area contributed by atoms with Gasteiger partial charge >= 0.3 is 14.0 Å². The van der Waals surface area contributed by atoms with Crippen LogP contribution in [0.2, 0.25) is 0 Å². The number of aromatic nitrogens is 10. The summed E-state index contributed by atoms with van der Waals surface area (Å²) < 4.78 is 41.2. The molecule has 0 saturated heterocycles. The van der Waals surface area contributed by atoms with Crippen LogP contribution in [0.3, 0.4) is 0 Å². The van der Waals surface area contributed by atoms with Gasteiger partial charge in [-0.3, -0.25) is 0 Å². The Bertz CT molecular complexity index is 5810. The fourth-order valence-electron chi connectivity index (χ4n) is 14.6. The van der Waals surface area contributed by atoms with Crippen molar-refractivity contribution in [1.29, 1.82) is 0 Å². The SMILES string of the molecule is c1ccc(-n2c3ccccc3c3cccc(-c4cc5c6c(c4)Oc4nc7cc(-c8cccc9c8c8ccccc8n9-c8cc9c%10c(c8)Oc8nc%11ccccc%11n8B%10n8c(nc%10ccccc%108)O9)ccc7n4B6n4c(nc6ccccc64)O5)c32)cc1. The molecule has 86 heavy (non-hydrogen) atoms. The van der Waals surface area contributed by atoms with Gasteiger partial charge in [0.1, 0.15) is 23.0 Å². The number of hydrogen-bond acceptors (Lipinski definition) is 8. The maximum absolute atomic E-state index is 7.12. The van der Waals surface area contributed by atoms with Crippen molar-refractivity contribution in [2.24, 2.45) is 0 Å². The monoisotopic (exact) mass is 1100 g/mol. The quantitative estimate of drug-likeness (QED) is 0.160. The first-order valence-electron chi connectivity index (χ1n) is 28.7. The van der Waals surface area contributed by atoms with Gasteiger partial charge in [-0.15, -0.1) is 0 Å². The van der Waals surface area contributed by atoms with Gasteiger partial charge < -0.3 is 46.0 Å². The average Bonchev–Trinajstić information content (AvgIpc) is 1.74. The lowest BCUT2D eigenvalue weighted by atomic mass is 9.64. The van der Waals surface area contributed by atoms with E-state index >= 15 is 0 Å². The molecule has 11 aromatic carbocycles. The van der Waals surface area contributed by atoms with Crippen LogP contribution < -0.4 is 29.9 Å². The summed E-state index contributed by atoms with van der Waals surface area (Å²) in [4.78, 5) is 20.6. The lowest BCUT2D eigenvalue weighted by molar-refractivity contribution is 0.408. The summed E-state index contributed by atoms with van der Waals surface area (Å²) in [6.45, 7) is -0.789. The number of para-hydroxylation sites is 10. The van der Waals surface area contributed by atoms with Gasteiger partial charge in [-0.2, -0.15) is 19.9 Å². The number of fused-ring (bicyclic) bond motifs is 22. The van der Waals surface area contributed by atoms with E-state index in [1.165, 1.54) is 5.39 Å². The molecule has 0 aliphatic carbocycles. The van der Waals surface area contributed by atoms with Gasteiger partial charge in [-0.1, -0.05) is 127 Å². The smallest absolute Gasteiger partial charge is 0.427 e. The highest BCUT2D eigenvalue weighted by Crippen LogP contribution is 2.48. The fraction of sp³-hybridized carbons (Fsp3) is 0. The van der Waals surface area contributed by atoms with Gasteiger partial charge in [0.2, 0.25) is 0 Å². The molecular weight excluding hydrogens is 1070 g/mol. The van der Waals surface area contributed by atoms with E-state index in [0.29, 0.717) is 47.0 Å². The zero-order valence-corrected chi connectivity index (χ0v) is 45.2. The molecule has 0 radical (unpaired) electrons. The summed E-state index contributed by atoms with van der Waals surface area (Å²) in [5.74, 6) is 2.69. The van der Waals surface area contributed by atoms with E-state index in [2.05, 4.69) is 203 Å². The molecule has 10 heterocycles. The highest BCUT2D eigenvalue weighted by Gasteiger charge is 2.47. The molecule has 4 aliphatic heterocycles. The van der Waals surface area contributed by atoms with Crippen LogP contribution in [0.25, 0.3) is 121 Å². The summed E-state index contributed by atoms with van der Waals surface area (Å²) in [5.41, 5.74) is 19.2. The van der Waals surface area contributed by atoms with Crippen molar-refractivity contribution >= 4 is 113 Å². The van der Waals surface area contributed by atoms with Crippen LogP contribution in [0.1, 0.15) is 0 Å². The standard InChI is InChI=1S/C70H38B2N10O4/c1-2-16-41(17-3-1)78-52-26-9-4-18-45(52)46-22-14-21-44(66(46)78)40-35-59-64-60(36-40)84-70-76-51-34-39(32-33-57(51)82(70)71(64)79-54-28-11-6-23-48(54)73-67(79)83-59)43-20-15-31-58-63(43)47-19-5-10-27-53(47)77(58)42-37-61-65-62(38-42)86-69-75-50-25-8-13-30-56(50)81(69)72(65)80-55-29-12-7-24-49(55)74-68(80)85-61/h1-38H. The van der Waals surface area contributed by atoms with E-state index in [1.807, 2.05) is 54.6 Å². The van der Waals surface area contributed by atoms with Crippen molar-refractivity contribution in [3.05, 3.63) is 231 Å². The van der Waals surface area contributed by atoms with Crippen molar-refractivity contribution in [3.8, 4) is 80.7 Å². The Morgan fingerprint density at radius 2 is 0.733 bits per heavy atom. The molecular formula is C70H38B2N10O4. The van der Waals surface area contributed by atoms with Crippen LogP contribution in [0.15, 0.2) is 231 Å². The number of nitrogens with zero attached hydrogens (tertiary/aromatic N) is 10. The van der Waals surface area contributed by atoms with Gasteiger partial charge in [-0.25, -0.2) is 0 Å². The van der Waals surface area contributed by atoms with Crippen molar-refractivity contribution in [2.75, 3.05) is 0 Å². The molecule has 0 fully saturated rings. The van der Waals surface area contributed by atoms with Crippen LogP contribution in [0.5, 0.6) is 47.0 Å². The molecule has 21 rings (SSSR count). The second kappa shape index (κ2) is 16.1. The third-order valence-electron chi connectivity index (χ3n) is 18.1. The van der Waals surface area contributed by atoms with Crippen molar-refractivity contribution < 1.29 is 18.9 Å². The minimum absolute atomic E-state index is 0.359. The molecule has 398 valence electrons. The van der Waals surface area contributed by atoms with E-state index in [0.717, 1.165) is 127 Å². The Hall–Kier alpha value is -11.8. The Balaban J connectivity index is 0.731. The first-order valence-corrected chi connectivity index (χ1v) is 28.7. The summed E-state index contributed by atoms with van der Waals surface area (Å²) in [7, 11) is 0. The zero-order chi connectivity index (χ0) is 55.6. The topological polar surface area (TPSA) is 118 Å². The Morgan fingerprint density at radius 1 is 0.291 bits per heavy atom. The third-order valence-corrected chi connectivity index (χ3v) is 18.1. The molecule has 4 aliphatic rings. The highest BCUT2D eigenvalue weighted by atomic mass is 16.5. The second-order valence-electron chi connectivity index (χ2n) is 22.6. The lowest BCUT2D eigenvalue weighted by Gasteiger charge is -2.32. The lowest BCUT2D eigenvalue weighted by Crippen LogP contribution is -2.50. The van der Waals surface area contributed by atoms with Gasteiger partial charge in [0.15, 0.2) is 0 Å². The minimum atomic E-state index is -0.430. The number of hydrogen-bond donors (Lipinski definition) is 0. The van der Waals surface area contributed by atoms with Gasteiger partial charge in [0.25, 0.3) is 24.0 Å². The molecule has 0 saturated carbocycles. The summed E-state index contributed by atoms with van der Waals surface area (Å²) >= 11 is 0. The van der Waals surface area contributed by atoms with E-state index < -0.39 is 6.98 Å². The summed E-state index contributed by atoms with van der Waals surface area (Å²) in [6.07, 6.45) is 0. The zero-order valence-electron chi connectivity index (χ0n) is 45.2. The molecule has 0 unspecified atom stereocenters. The predicted molar refractivity (Wildman–Crippen MR) is 338 cm³/mol. The molecule has 0 amide bonds. The normalized spacial score (nSPS) is 13.4. The summed E-state index contributed by atoms with van der Waals surface area (Å²) in [6, 6.07) is 82.5. The van der Waals surface area contributed by atoms with Gasteiger partial charge in [0, 0.05) is 44.9 Å². The largest absolute Gasteiger partial charge is 0.435 e. The van der Waals surface area contributed by atoms with Crippen molar-refractivity contribution in [3.63, 3.8) is 0 Å². The van der Waals surface area contributed by atoms with Gasteiger partial charge in [0.05, 0.1) is 82.8 Å². The Kier molecular flexibility index (Phi) is 8.37. The Morgan fingerprint density at radius 3 is 1.33 bits per heavy atom. The van der Waals surface area contributed by atoms with Crippen LogP contribution in [0, 0.1) is 0 Å². The molecule has 6 aromatic heterocycles. The summed E-state index contributed by atoms with van der Waals surface area (Å²) in [5, 5.41) is 4.53. The molecule has 0 spiro atoms. The molecule has 14 nitrogen and oxygen atoms in total. The van der Waals surface area contributed by atoms with E-state index in [9.17, 15) is 0 Å². The Labute approximate surface area is 487 Å². The number of benzene rings is 11. The molecule has 0 N–H and O–H groups in total. The number of rotatable bonds is 4. The fourth-order valence-corrected chi connectivity index (χ4v) is 14.6. The van der Waals surface area contributed by atoms with Crippen LogP contribution in [-0.4, -0.2) is 60.9 Å². The van der Waals surface area contributed by atoms with Crippen LogP contribution in [-0.2, 0) is 0 Å². The van der Waals surface area contributed by atoms with E-state index in [4.69, 9.17) is 38.9 Å². The maximum atomic E-state index is 7.12. The maximum Gasteiger partial charge on any atom is 0.435 e. The molecule has 0 atom stereocenters. The van der Waals surface area contributed by atoms with E-state index in [1.54, 1.807) is 0 Å². The van der Waals surface area contributed by atoms with Gasteiger partial charge in [-0.05, 0) is 108 Å². The van der Waals surface area contributed by atoms with Crippen LogP contribution in [0.4, 0.5) is 0 Å². The minimum Gasteiger partial charge on any atom is -0.427 e. The van der Waals surface area contributed by atoms with Crippen LogP contribution >= 0.6 is 0 Å². The number of imidazole rings is 4. The van der Waals surface area contributed by atoms with E-state index in [-0.39, 0.29) is 6.98 Å². The highest BCUT2D eigenvalue weighted by molar-refractivity contribution is 6.75. The molecule has 16 heteroatoms. The van der Waals surface area contributed by atoms with Crippen molar-refractivity contribution in [2.45, 2.75) is 0 Å². The van der Waals surface area contributed by atoms with Crippen molar-refractivity contribution in [1.82, 2.24) is 47.0 Å².